The van der Waals surface area contributed by atoms with Crippen LogP contribution in [0, 0.1) is 0 Å². The second kappa shape index (κ2) is 4.61. The number of hydrogen-bond donors (Lipinski definition) is 1. The standard InChI is InChI=1S/C11H11ClO4/c12-5-8-4-10-9(15-6-16-10)3-7(8)1-2-11(13)14/h3-4H,1-2,5-6H2,(H,13,14). The monoisotopic (exact) mass is 242 g/mol. The van der Waals surface area contributed by atoms with Crippen LogP contribution in [-0.2, 0) is 17.1 Å². The van der Waals surface area contributed by atoms with Gasteiger partial charge < -0.3 is 14.6 Å². The Kier molecular flexibility index (Phi) is 3.19. The van der Waals surface area contributed by atoms with Gasteiger partial charge in [0.15, 0.2) is 11.5 Å². The summed E-state index contributed by atoms with van der Waals surface area (Å²) >= 11 is 5.81. The van der Waals surface area contributed by atoms with Gasteiger partial charge in [-0.1, -0.05) is 0 Å². The molecule has 0 amide bonds. The van der Waals surface area contributed by atoms with Crippen molar-refractivity contribution in [2.45, 2.75) is 18.7 Å². The number of aryl methyl sites for hydroxylation is 1. The SMILES string of the molecule is O=C(O)CCc1cc2c(cc1CCl)OCO2. The lowest BCUT2D eigenvalue weighted by Gasteiger charge is -2.07. The lowest BCUT2D eigenvalue weighted by molar-refractivity contribution is -0.136. The predicted molar refractivity (Wildman–Crippen MR) is 58.1 cm³/mol. The van der Waals surface area contributed by atoms with E-state index in [4.69, 9.17) is 26.2 Å². The highest BCUT2D eigenvalue weighted by molar-refractivity contribution is 6.17. The summed E-state index contributed by atoms with van der Waals surface area (Å²) < 4.78 is 10.5. The Morgan fingerprint density at radius 3 is 2.50 bits per heavy atom. The van der Waals surface area contributed by atoms with Gasteiger partial charge in [0.1, 0.15) is 0 Å². The number of alkyl halides is 1. The maximum absolute atomic E-state index is 10.5. The Hall–Kier alpha value is -1.42. The number of halogens is 1. The third kappa shape index (κ3) is 2.22. The van der Waals surface area contributed by atoms with E-state index in [-0.39, 0.29) is 13.2 Å². The van der Waals surface area contributed by atoms with Gasteiger partial charge in [0.25, 0.3) is 0 Å². The Morgan fingerprint density at radius 1 is 1.31 bits per heavy atom. The minimum absolute atomic E-state index is 0.0868. The quantitative estimate of drug-likeness (QED) is 0.823. The Labute approximate surface area is 97.7 Å². The van der Waals surface area contributed by atoms with E-state index in [1.807, 2.05) is 12.1 Å². The number of carboxylic acids is 1. The van der Waals surface area contributed by atoms with Crippen LogP contribution in [0.1, 0.15) is 17.5 Å². The number of carboxylic acid groups (broad SMARTS) is 1. The smallest absolute Gasteiger partial charge is 0.303 e. The summed E-state index contributed by atoms with van der Waals surface area (Å²) in [6.07, 6.45) is 0.539. The second-order valence-corrected chi connectivity index (χ2v) is 3.77. The fourth-order valence-corrected chi connectivity index (χ4v) is 1.87. The molecule has 0 aliphatic carbocycles. The summed E-state index contributed by atoms with van der Waals surface area (Å²) in [6, 6.07) is 3.62. The van der Waals surface area contributed by atoms with Crippen LogP contribution in [0.25, 0.3) is 0 Å². The Balaban J connectivity index is 2.25. The number of fused-ring (bicyclic) bond motifs is 1. The number of carbonyl (C=O) groups is 1. The second-order valence-electron chi connectivity index (χ2n) is 3.50. The van der Waals surface area contributed by atoms with Crippen LogP contribution in [0.4, 0.5) is 0 Å². The summed E-state index contributed by atoms with van der Waals surface area (Å²) in [7, 11) is 0. The highest BCUT2D eigenvalue weighted by atomic mass is 35.5. The molecule has 1 N–H and O–H groups in total. The van der Waals surface area contributed by atoms with Gasteiger partial charge in [0.05, 0.1) is 0 Å². The van der Waals surface area contributed by atoms with Crippen molar-refractivity contribution in [1.82, 2.24) is 0 Å². The largest absolute Gasteiger partial charge is 0.481 e. The molecule has 0 saturated carbocycles. The predicted octanol–water partition coefficient (Wildman–Crippen LogP) is 2.17. The molecule has 16 heavy (non-hydrogen) atoms. The minimum atomic E-state index is -0.821. The first-order valence-corrected chi connectivity index (χ1v) is 5.43. The molecule has 2 rings (SSSR count). The van der Waals surface area contributed by atoms with Gasteiger partial charge in [-0.15, -0.1) is 11.6 Å². The van der Waals surface area contributed by atoms with Gasteiger partial charge in [0, 0.05) is 12.3 Å². The number of ether oxygens (including phenoxy) is 2. The first-order chi connectivity index (χ1) is 7.70. The average Bonchev–Trinajstić information content (AvgIpc) is 2.71. The maximum Gasteiger partial charge on any atom is 0.303 e. The molecule has 1 aliphatic heterocycles. The highest BCUT2D eigenvalue weighted by Crippen LogP contribution is 2.35. The van der Waals surface area contributed by atoms with Crippen LogP contribution in [-0.4, -0.2) is 17.9 Å². The van der Waals surface area contributed by atoms with Crippen molar-refractivity contribution in [3.8, 4) is 11.5 Å². The van der Waals surface area contributed by atoms with Gasteiger partial charge in [-0.3, -0.25) is 4.79 Å². The normalized spacial score (nSPS) is 12.8. The highest BCUT2D eigenvalue weighted by Gasteiger charge is 2.17. The van der Waals surface area contributed by atoms with Crippen LogP contribution in [0.2, 0.25) is 0 Å². The zero-order valence-electron chi connectivity index (χ0n) is 8.53. The van der Waals surface area contributed by atoms with Crippen LogP contribution in [0.5, 0.6) is 11.5 Å². The molecule has 0 saturated heterocycles. The summed E-state index contributed by atoms with van der Waals surface area (Å²) in [5.41, 5.74) is 1.80. The van der Waals surface area contributed by atoms with Gasteiger partial charge in [-0.2, -0.15) is 0 Å². The van der Waals surface area contributed by atoms with E-state index >= 15 is 0 Å². The van der Waals surface area contributed by atoms with Crippen LogP contribution >= 0.6 is 11.6 Å². The number of rotatable bonds is 4. The molecule has 5 heteroatoms. The molecule has 0 unspecified atom stereocenters. The Bertz CT molecular complexity index is 417. The van der Waals surface area contributed by atoms with Gasteiger partial charge in [-0.05, 0) is 29.7 Å². The first-order valence-electron chi connectivity index (χ1n) is 4.90. The zero-order valence-corrected chi connectivity index (χ0v) is 9.29. The molecule has 1 aliphatic rings. The molecule has 0 aromatic heterocycles. The fourth-order valence-electron chi connectivity index (χ4n) is 1.62. The van der Waals surface area contributed by atoms with E-state index in [0.29, 0.717) is 23.8 Å². The number of hydrogen-bond acceptors (Lipinski definition) is 3. The van der Waals surface area contributed by atoms with Gasteiger partial charge in [0.2, 0.25) is 6.79 Å². The summed E-state index contributed by atoms with van der Waals surface area (Å²) in [5, 5.41) is 8.64. The number of benzene rings is 1. The van der Waals surface area contributed by atoms with E-state index in [0.717, 1.165) is 11.1 Å². The lowest BCUT2D eigenvalue weighted by atomic mass is 10.0. The molecule has 1 heterocycles. The minimum Gasteiger partial charge on any atom is -0.481 e. The number of aliphatic carboxylic acids is 1. The van der Waals surface area contributed by atoms with Crippen molar-refractivity contribution in [3.63, 3.8) is 0 Å². The summed E-state index contributed by atoms with van der Waals surface area (Å²) in [5.74, 6) is 0.855. The zero-order chi connectivity index (χ0) is 11.5. The molecule has 0 radical (unpaired) electrons. The van der Waals surface area contributed by atoms with E-state index in [1.54, 1.807) is 0 Å². The van der Waals surface area contributed by atoms with Crippen LogP contribution in [0.3, 0.4) is 0 Å². The molecule has 1 aromatic rings. The third-order valence-corrected chi connectivity index (χ3v) is 2.73. The molecular weight excluding hydrogens is 232 g/mol. The molecule has 4 nitrogen and oxygen atoms in total. The molecule has 1 aromatic carbocycles. The van der Waals surface area contributed by atoms with E-state index < -0.39 is 5.97 Å². The van der Waals surface area contributed by atoms with Gasteiger partial charge >= 0.3 is 5.97 Å². The van der Waals surface area contributed by atoms with Crippen molar-refractivity contribution in [2.24, 2.45) is 0 Å². The molecule has 0 fully saturated rings. The summed E-state index contributed by atoms with van der Waals surface area (Å²) in [6.45, 7) is 0.208. The summed E-state index contributed by atoms with van der Waals surface area (Å²) in [4.78, 5) is 10.5. The maximum atomic E-state index is 10.5. The molecular formula is C11H11ClO4. The molecule has 0 atom stereocenters. The fraction of sp³-hybridized carbons (Fsp3) is 0.364. The third-order valence-electron chi connectivity index (χ3n) is 2.45. The van der Waals surface area contributed by atoms with Crippen LogP contribution < -0.4 is 9.47 Å². The van der Waals surface area contributed by atoms with Crippen molar-refractivity contribution in [1.29, 1.82) is 0 Å². The van der Waals surface area contributed by atoms with E-state index in [9.17, 15) is 4.79 Å². The van der Waals surface area contributed by atoms with Gasteiger partial charge in [-0.25, -0.2) is 0 Å². The molecule has 86 valence electrons. The van der Waals surface area contributed by atoms with E-state index in [1.165, 1.54) is 0 Å². The van der Waals surface area contributed by atoms with Crippen LogP contribution in [0.15, 0.2) is 12.1 Å². The average molecular weight is 243 g/mol. The van der Waals surface area contributed by atoms with Crippen molar-refractivity contribution < 1.29 is 19.4 Å². The lowest BCUT2D eigenvalue weighted by Crippen LogP contribution is -2.00. The van der Waals surface area contributed by atoms with Crippen molar-refractivity contribution in [2.75, 3.05) is 6.79 Å². The Morgan fingerprint density at radius 2 is 1.94 bits per heavy atom. The van der Waals surface area contributed by atoms with Crippen molar-refractivity contribution in [3.05, 3.63) is 23.3 Å². The van der Waals surface area contributed by atoms with E-state index in [2.05, 4.69) is 0 Å². The first kappa shape index (κ1) is 11.1. The molecule has 0 bridgehead atoms. The topological polar surface area (TPSA) is 55.8 Å². The molecule has 0 spiro atoms. The van der Waals surface area contributed by atoms with Crippen molar-refractivity contribution >= 4 is 17.6 Å².